The van der Waals surface area contributed by atoms with E-state index in [4.69, 9.17) is 0 Å². The van der Waals surface area contributed by atoms with Gasteiger partial charge in [0.2, 0.25) is 0 Å². The Morgan fingerprint density at radius 1 is 1.46 bits per heavy atom. The molecule has 0 N–H and O–H groups in total. The first-order valence-electron chi connectivity index (χ1n) is 5.13. The second-order valence-corrected chi connectivity index (χ2v) is 4.64. The van der Waals surface area contributed by atoms with Crippen LogP contribution in [0.3, 0.4) is 0 Å². The van der Waals surface area contributed by atoms with Crippen molar-refractivity contribution in [1.29, 1.82) is 0 Å². The van der Waals surface area contributed by atoms with Crippen LogP contribution in [-0.2, 0) is 4.79 Å². The van der Waals surface area contributed by atoms with Crippen LogP contribution in [0.4, 0.5) is 0 Å². The smallest absolute Gasteiger partial charge is 0.159 e. The molecule has 1 aliphatic carbocycles. The first-order valence-corrected chi connectivity index (χ1v) is 5.13. The Bertz CT molecular complexity index is 262. The Hall–Kier alpha value is -0.590. The molecule has 13 heavy (non-hydrogen) atoms. The zero-order valence-electron chi connectivity index (χ0n) is 9.40. The molecule has 0 saturated carbocycles. The van der Waals surface area contributed by atoms with Crippen LogP contribution < -0.4 is 0 Å². The number of allylic oxidation sites excluding steroid dienone is 2. The summed E-state index contributed by atoms with van der Waals surface area (Å²) in [5, 5.41) is 0. The van der Waals surface area contributed by atoms with Crippen molar-refractivity contribution in [3.8, 4) is 0 Å². The van der Waals surface area contributed by atoms with E-state index in [0.29, 0.717) is 11.7 Å². The summed E-state index contributed by atoms with van der Waals surface area (Å²) in [6.07, 6.45) is 1.82. The fraction of sp³-hybridized carbons (Fsp3) is 0.750. The summed E-state index contributed by atoms with van der Waals surface area (Å²) in [6, 6.07) is 0. The van der Waals surface area contributed by atoms with Gasteiger partial charge in [-0.05, 0) is 37.2 Å². The fourth-order valence-electron chi connectivity index (χ4n) is 2.15. The molecule has 1 heteroatoms. The molecule has 0 bridgehead atoms. The van der Waals surface area contributed by atoms with Gasteiger partial charge in [0, 0.05) is 6.42 Å². The predicted octanol–water partition coefficient (Wildman–Crippen LogP) is 3.35. The third-order valence-corrected chi connectivity index (χ3v) is 4.08. The van der Waals surface area contributed by atoms with E-state index in [9.17, 15) is 4.79 Å². The van der Waals surface area contributed by atoms with E-state index in [1.54, 1.807) is 0 Å². The minimum Gasteiger partial charge on any atom is -0.295 e. The zero-order chi connectivity index (χ0) is 10.2. The SMILES string of the molecule is CC[C@@]1(C)CC(=O)C(C)=C(C)[C@H]1C. The zero-order valence-corrected chi connectivity index (χ0v) is 9.40. The summed E-state index contributed by atoms with van der Waals surface area (Å²) in [7, 11) is 0. The van der Waals surface area contributed by atoms with Crippen LogP contribution in [0.5, 0.6) is 0 Å². The maximum Gasteiger partial charge on any atom is 0.159 e. The van der Waals surface area contributed by atoms with Gasteiger partial charge in [0.1, 0.15) is 0 Å². The Kier molecular flexibility index (Phi) is 2.65. The van der Waals surface area contributed by atoms with Gasteiger partial charge in [-0.15, -0.1) is 0 Å². The number of carbonyl (C=O) groups is 1. The van der Waals surface area contributed by atoms with Gasteiger partial charge in [0.25, 0.3) is 0 Å². The highest BCUT2D eigenvalue weighted by Crippen LogP contribution is 2.44. The Balaban J connectivity index is 3.09. The third kappa shape index (κ3) is 1.56. The topological polar surface area (TPSA) is 17.1 Å². The first kappa shape index (κ1) is 10.5. The summed E-state index contributed by atoms with van der Waals surface area (Å²) < 4.78 is 0. The number of ketones is 1. The van der Waals surface area contributed by atoms with E-state index >= 15 is 0 Å². The summed E-state index contributed by atoms with van der Waals surface area (Å²) in [5.74, 6) is 0.898. The minimum atomic E-state index is 0.195. The molecular formula is C12H20O. The molecule has 1 rings (SSSR count). The molecule has 0 spiro atoms. The molecule has 0 radical (unpaired) electrons. The van der Waals surface area contributed by atoms with Crippen LogP contribution in [0.25, 0.3) is 0 Å². The predicted molar refractivity (Wildman–Crippen MR) is 55.6 cm³/mol. The van der Waals surface area contributed by atoms with Crippen LogP contribution in [0.2, 0.25) is 0 Å². The highest BCUT2D eigenvalue weighted by atomic mass is 16.1. The van der Waals surface area contributed by atoms with Gasteiger partial charge < -0.3 is 0 Å². The Morgan fingerprint density at radius 3 is 2.46 bits per heavy atom. The molecule has 0 heterocycles. The third-order valence-electron chi connectivity index (χ3n) is 4.08. The van der Waals surface area contributed by atoms with E-state index in [0.717, 1.165) is 18.4 Å². The lowest BCUT2D eigenvalue weighted by molar-refractivity contribution is -0.119. The lowest BCUT2D eigenvalue weighted by Gasteiger charge is -2.39. The number of rotatable bonds is 1. The molecular weight excluding hydrogens is 160 g/mol. The monoisotopic (exact) mass is 180 g/mol. The lowest BCUT2D eigenvalue weighted by Crippen LogP contribution is -2.34. The van der Waals surface area contributed by atoms with Crippen LogP contribution in [0.1, 0.15) is 47.5 Å². The van der Waals surface area contributed by atoms with Crippen molar-refractivity contribution >= 4 is 5.78 Å². The average molecular weight is 180 g/mol. The summed E-state index contributed by atoms with van der Waals surface area (Å²) in [4.78, 5) is 11.7. The van der Waals surface area contributed by atoms with Crippen molar-refractivity contribution in [2.45, 2.75) is 47.5 Å². The lowest BCUT2D eigenvalue weighted by atomic mass is 9.64. The molecule has 0 aromatic carbocycles. The molecule has 1 aliphatic rings. The van der Waals surface area contributed by atoms with Gasteiger partial charge in [0.15, 0.2) is 5.78 Å². The van der Waals surface area contributed by atoms with Crippen molar-refractivity contribution in [3.05, 3.63) is 11.1 Å². The van der Waals surface area contributed by atoms with E-state index in [1.807, 2.05) is 6.92 Å². The Morgan fingerprint density at radius 2 is 2.00 bits per heavy atom. The summed E-state index contributed by atoms with van der Waals surface area (Å²) in [6.45, 7) is 10.7. The molecule has 1 nitrogen and oxygen atoms in total. The first-order chi connectivity index (χ1) is 5.92. The maximum absolute atomic E-state index is 11.7. The molecule has 2 atom stereocenters. The minimum absolute atomic E-state index is 0.195. The number of Topliss-reactive ketones (excluding diaryl/α,β-unsaturated/α-hetero) is 1. The fourth-order valence-corrected chi connectivity index (χ4v) is 2.15. The molecule has 74 valence electrons. The van der Waals surface area contributed by atoms with Crippen molar-refractivity contribution < 1.29 is 4.79 Å². The van der Waals surface area contributed by atoms with E-state index in [2.05, 4.69) is 27.7 Å². The van der Waals surface area contributed by atoms with Gasteiger partial charge >= 0.3 is 0 Å². The van der Waals surface area contributed by atoms with Crippen molar-refractivity contribution in [2.75, 3.05) is 0 Å². The van der Waals surface area contributed by atoms with Crippen LogP contribution in [-0.4, -0.2) is 5.78 Å². The van der Waals surface area contributed by atoms with E-state index in [1.165, 1.54) is 5.57 Å². The summed E-state index contributed by atoms with van der Waals surface area (Å²) >= 11 is 0. The molecule has 0 aromatic rings. The average Bonchev–Trinajstić information content (AvgIpc) is 2.12. The van der Waals surface area contributed by atoms with E-state index < -0.39 is 0 Å². The second kappa shape index (κ2) is 3.28. The maximum atomic E-state index is 11.7. The number of carbonyl (C=O) groups excluding carboxylic acids is 1. The Labute approximate surface area is 81.2 Å². The van der Waals surface area contributed by atoms with E-state index in [-0.39, 0.29) is 5.41 Å². The van der Waals surface area contributed by atoms with Crippen molar-refractivity contribution in [2.24, 2.45) is 11.3 Å². The molecule has 0 fully saturated rings. The van der Waals surface area contributed by atoms with Crippen LogP contribution in [0.15, 0.2) is 11.1 Å². The summed E-state index contributed by atoms with van der Waals surface area (Å²) in [5.41, 5.74) is 2.49. The highest BCUT2D eigenvalue weighted by Gasteiger charge is 2.37. The second-order valence-electron chi connectivity index (χ2n) is 4.64. The molecule has 0 aliphatic heterocycles. The van der Waals surface area contributed by atoms with Crippen molar-refractivity contribution in [3.63, 3.8) is 0 Å². The number of hydrogen-bond acceptors (Lipinski definition) is 1. The molecule has 0 unspecified atom stereocenters. The van der Waals surface area contributed by atoms with Gasteiger partial charge in [-0.3, -0.25) is 4.79 Å². The quantitative estimate of drug-likeness (QED) is 0.605. The number of hydrogen-bond donors (Lipinski definition) is 0. The molecule has 0 amide bonds. The van der Waals surface area contributed by atoms with Gasteiger partial charge in [0.05, 0.1) is 0 Å². The van der Waals surface area contributed by atoms with Gasteiger partial charge in [-0.2, -0.15) is 0 Å². The highest BCUT2D eigenvalue weighted by molar-refractivity contribution is 5.97. The normalized spacial score (nSPS) is 35.5. The van der Waals surface area contributed by atoms with Crippen LogP contribution >= 0.6 is 0 Å². The molecule has 0 aromatic heterocycles. The molecule has 0 saturated heterocycles. The van der Waals surface area contributed by atoms with Crippen LogP contribution in [0, 0.1) is 11.3 Å². The van der Waals surface area contributed by atoms with Gasteiger partial charge in [-0.25, -0.2) is 0 Å². The largest absolute Gasteiger partial charge is 0.295 e. The van der Waals surface area contributed by atoms with Gasteiger partial charge in [-0.1, -0.05) is 26.3 Å². The van der Waals surface area contributed by atoms with Crippen molar-refractivity contribution in [1.82, 2.24) is 0 Å². The standard InChI is InChI=1S/C12H20O/c1-6-12(5)7-11(13)9(3)8(2)10(12)4/h10H,6-7H2,1-5H3/t10-,12+/m1/s1.